The van der Waals surface area contributed by atoms with Crippen LogP contribution in [-0.2, 0) is 33.7 Å². The molecule has 4 rings (SSSR count). The van der Waals surface area contributed by atoms with Gasteiger partial charge in [0.25, 0.3) is 0 Å². The van der Waals surface area contributed by atoms with Crippen LogP contribution in [0.2, 0.25) is 0 Å². The normalized spacial score (nSPS) is 14.9. The maximum absolute atomic E-state index is 13.0. The van der Waals surface area contributed by atoms with E-state index in [4.69, 9.17) is 4.74 Å². The number of halogens is 2. The van der Waals surface area contributed by atoms with E-state index in [0.29, 0.717) is 44.8 Å². The van der Waals surface area contributed by atoms with Gasteiger partial charge < -0.3 is 10.1 Å². The predicted molar refractivity (Wildman–Crippen MR) is 140 cm³/mol. The van der Waals surface area contributed by atoms with Gasteiger partial charge in [-0.2, -0.15) is 0 Å². The average molecular weight is 576 g/mol. The Bertz CT molecular complexity index is 1280. The Morgan fingerprint density at radius 2 is 1.64 bits per heavy atom. The third-order valence-electron chi connectivity index (χ3n) is 6.17. The molecule has 1 aliphatic rings. The summed E-state index contributed by atoms with van der Waals surface area (Å²) in [6.07, 6.45) is 0.999. The van der Waals surface area contributed by atoms with Gasteiger partial charge in [-0.25, -0.2) is 17.1 Å². The molecule has 1 amide bonds. The average Bonchev–Trinajstić information content (AvgIpc) is 2.87. The summed E-state index contributed by atoms with van der Waals surface area (Å²) in [5.74, 6) is 0.0897. The summed E-state index contributed by atoms with van der Waals surface area (Å²) >= 11 is 3.37. The molecule has 1 fully saturated rings. The van der Waals surface area contributed by atoms with Crippen LogP contribution in [0.5, 0.6) is 5.75 Å². The number of carbonyl (C=O) groups excluding carboxylic acids is 1. The van der Waals surface area contributed by atoms with Crippen LogP contribution >= 0.6 is 15.9 Å². The standard InChI is InChI=1S/C27H28BrFN2O4S/c28-24-3-1-2-22(16-24)19-36(33,34)31-14-12-23(13-15-31)27(32)30-17-20-6-10-26(11-7-20)35-18-21-4-8-25(29)9-5-21/h1-11,16,23H,12-15,17-19H2,(H,30,32). The maximum atomic E-state index is 13.0. The van der Waals surface area contributed by atoms with Crippen molar-refractivity contribution in [1.82, 2.24) is 9.62 Å². The number of piperidine rings is 1. The van der Waals surface area contributed by atoms with Gasteiger partial charge in [0.1, 0.15) is 18.2 Å². The quantitative estimate of drug-likeness (QED) is 0.389. The first-order chi connectivity index (χ1) is 17.3. The second-order valence-corrected chi connectivity index (χ2v) is 11.7. The molecule has 1 saturated heterocycles. The zero-order chi connectivity index (χ0) is 25.5. The number of ether oxygens (including phenoxy) is 1. The molecule has 0 atom stereocenters. The molecule has 9 heteroatoms. The molecule has 6 nitrogen and oxygen atoms in total. The molecular formula is C27H28BrFN2O4S. The van der Waals surface area contributed by atoms with Gasteiger partial charge in [-0.1, -0.05) is 52.3 Å². The Kier molecular flexibility index (Phi) is 8.77. The van der Waals surface area contributed by atoms with Crippen molar-refractivity contribution in [2.75, 3.05) is 13.1 Å². The largest absolute Gasteiger partial charge is 0.489 e. The second kappa shape index (κ2) is 12.0. The van der Waals surface area contributed by atoms with Crippen molar-refractivity contribution in [3.05, 3.63) is 99.8 Å². The molecule has 36 heavy (non-hydrogen) atoms. The smallest absolute Gasteiger partial charge is 0.223 e. The second-order valence-electron chi connectivity index (χ2n) is 8.84. The molecule has 0 spiro atoms. The molecular weight excluding hydrogens is 547 g/mol. The van der Waals surface area contributed by atoms with Gasteiger partial charge in [0, 0.05) is 30.0 Å². The lowest BCUT2D eigenvalue weighted by molar-refractivity contribution is -0.126. The van der Waals surface area contributed by atoms with E-state index >= 15 is 0 Å². The van der Waals surface area contributed by atoms with Gasteiger partial charge in [-0.3, -0.25) is 4.79 Å². The zero-order valence-corrected chi connectivity index (χ0v) is 22.1. The highest BCUT2D eigenvalue weighted by Crippen LogP contribution is 2.23. The van der Waals surface area contributed by atoms with Crippen molar-refractivity contribution in [3.8, 4) is 5.75 Å². The zero-order valence-electron chi connectivity index (χ0n) is 19.7. The van der Waals surface area contributed by atoms with Crippen LogP contribution in [0.4, 0.5) is 4.39 Å². The Hall–Kier alpha value is -2.75. The number of nitrogens with one attached hydrogen (secondary N) is 1. The number of sulfonamides is 1. The van der Waals surface area contributed by atoms with Gasteiger partial charge >= 0.3 is 0 Å². The molecule has 1 aliphatic heterocycles. The monoisotopic (exact) mass is 574 g/mol. The molecule has 0 aromatic heterocycles. The van der Waals surface area contributed by atoms with Crippen molar-refractivity contribution in [2.24, 2.45) is 5.92 Å². The summed E-state index contributed by atoms with van der Waals surface area (Å²) in [5, 5.41) is 2.96. The van der Waals surface area contributed by atoms with Crippen LogP contribution in [0.25, 0.3) is 0 Å². The summed E-state index contributed by atoms with van der Waals surface area (Å²) in [6, 6.07) is 20.9. The van der Waals surface area contributed by atoms with E-state index in [9.17, 15) is 17.6 Å². The van der Waals surface area contributed by atoms with Crippen molar-refractivity contribution in [1.29, 1.82) is 0 Å². The molecule has 3 aromatic rings. The van der Waals surface area contributed by atoms with Crippen molar-refractivity contribution in [2.45, 2.75) is 31.7 Å². The Labute approximate surface area is 219 Å². The van der Waals surface area contributed by atoms with E-state index in [1.54, 1.807) is 18.2 Å². The number of benzene rings is 3. The van der Waals surface area contributed by atoms with Gasteiger partial charge in [-0.05, 0) is 65.9 Å². The summed E-state index contributed by atoms with van der Waals surface area (Å²) < 4.78 is 46.7. The fourth-order valence-corrected chi connectivity index (χ4v) is 6.11. The number of carbonyl (C=O) groups is 1. The Morgan fingerprint density at radius 3 is 2.31 bits per heavy atom. The van der Waals surface area contributed by atoms with Gasteiger partial charge in [0.15, 0.2) is 0 Å². The van der Waals surface area contributed by atoms with Gasteiger partial charge in [0.05, 0.1) is 5.75 Å². The molecule has 3 aromatic carbocycles. The third-order valence-corrected chi connectivity index (χ3v) is 8.51. The molecule has 1 heterocycles. The van der Waals surface area contributed by atoms with E-state index in [-0.39, 0.29) is 23.4 Å². The third kappa shape index (κ3) is 7.38. The first-order valence-electron chi connectivity index (χ1n) is 11.7. The number of amides is 1. The minimum absolute atomic E-state index is 0.0487. The highest BCUT2D eigenvalue weighted by atomic mass is 79.9. The van der Waals surface area contributed by atoms with Crippen LogP contribution in [-0.4, -0.2) is 31.7 Å². The van der Waals surface area contributed by atoms with Gasteiger partial charge in [-0.15, -0.1) is 0 Å². The van der Waals surface area contributed by atoms with E-state index in [0.717, 1.165) is 21.2 Å². The summed E-state index contributed by atoms with van der Waals surface area (Å²) in [4.78, 5) is 12.7. The molecule has 0 aliphatic carbocycles. The summed E-state index contributed by atoms with van der Waals surface area (Å²) in [6.45, 7) is 1.41. The van der Waals surface area contributed by atoms with E-state index in [1.165, 1.54) is 16.4 Å². The Balaban J connectivity index is 1.20. The van der Waals surface area contributed by atoms with Gasteiger partial charge in [0.2, 0.25) is 15.9 Å². The summed E-state index contributed by atoms with van der Waals surface area (Å²) in [5.41, 5.74) is 2.54. The van der Waals surface area contributed by atoms with E-state index < -0.39 is 10.0 Å². The highest BCUT2D eigenvalue weighted by molar-refractivity contribution is 9.10. The Morgan fingerprint density at radius 1 is 0.972 bits per heavy atom. The van der Waals surface area contributed by atoms with Crippen LogP contribution < -0.4 is 10.1 Å². The van der Waals surface area contributed by atoms with E-state index in [2.05, 4.69) is 21.2 Å². The first-order valence-corrected chi connectivity index (χ1v) is 14.1. The lowest BCUT2D eigenvalue weighted by atomic mass is 9.97. The fraction of sp³-hybridized carbons (Fsp3) is 0.296. The van der Waals surface area contributed by atoms with Crippen molar-refractivity contribution >= 4 is 31.9 Å². The van der Waals surface area contributed by atoms with Crippen LogP contribution in [0.1, 0.15) is 29.5 Å². The SMILES string of the molecule is O=C(NCc1ccc(OCc2ccc(F)cc2)cc1)C1CCN(S(=O)(=O)Cc2cccc(Br)c2)CC1. The molecule has 0 radical (unpaired) electrons. The number of rotatable bonds is 9. The fourth-order valence-electron chi connectivity index (χ4n) is 4.11. The topological polar surface area (TPSA) is 75.7 Å². The van der Waals surface area contributed by atoms with Crippen molar-refractivity contribution in [3.63, 3.8) is 0 Å². The molecule has 1 N–H and O–H groups in total. The number of nitrogens with zero attached hydrogens (tertiary/aromatic N) is 1. The van der Waals surface area contributed by atoms with Crippen LogP contribution in [0.3, 0.4) is 0 Å². The van der Waals surface area contributed by atoms with Crippen LogP contribution in [0, 0.1) is 11.7 Å². The van der Waals surface area contributed by atoms with Crippen molar-refractivity contribution < 1.29 is 22.3 Å². The maximum Gasteiger partial charge on any atom is 0.223 e. The molecule has 0 saturated carbocycles. The molecule has 0 unspecified atom stereocenters. The number of hydrogen-bond donors (Lipinski definition) is 1. The number of hydrogen-bond acceptors (Lipinski definition) is 4. The van der Waals surface area contributed by atoms with Crippen LogP contribution in [0.15, 0.2) is 77.3 Å². The minimum atomic E-state index is -3.43. The lowest BCUT2D eigenvalue weighted by Gasteiger charge is -2.30. The summed E-state index contributed by atoms with van der Waals surface area (Å²) in [7, 11) is -3.43. The molecule has 190 valence electrons. The van der Waals surface area contributed by atoms with E-state index in [1.807, 2.05) is 42.5 Å². The lowest BCUT2D eigenvalue weighted by Crippen LogP contribution is -2.43. The molecule has 0 bridgehead atoms. The highest BCUT2D eigenvalue weighted by Gasteiger charge is 2.31. The first kappa shape index (κ1) is 26.3. The minimum Gasteiger partial charge on any atom is -0.489 e. The predicted octanol–water partition coefficient (Wildman–Crippen LogP) is 5.03.